The highest BCUT2D eigenvalue weighted by atomic mass is 35.5. The number of carbonyl (C=O) groups excluding carboxylic acids is 1. The third-order valence-electron chi connectivity index (χ3n) is 3.92. The van der Waals surface area contributed by atoms with Gasteiger partial charge in [-0.25, -0.2) is 0 Å². The van der Waals surface area contributed by atoms with Crippen LogP contribution in [0.4, 0.5) is 13.2 Å². The van der Waals surface area contributed by atoms with Crippen LogP contribution in [0.2, 0.25) is 0 Å². The van der Waals surface area contributed by atoms with E-state index in [1.165, 1.54) is 17.0 Å². The van der Waals surface area contributed by atoms with Crippen LogP contribution < -0.4 is 5.73 Å². The maximum absolute atomic E-state index is 13.0. The lowest BCUT2D eigenvalue weighted by atomic mass is 10.1. The van der Waals surface area contributed by atoms with Gasteiger partial charge in [0.2, 0.25) is 5.91 Å². The molecule has 3 nitrogen and oxygen atoms in total. The Bertz CT molecular complexity index is 502. The lowest BCUT2D eigenvalue weighted by Crippen LogP contribution is -2.42. The monoisotopic (exact) mass is 336 g/mol. The minimum absolute atomic E-state index is 0. The van der Waals surface area contributed by atoms with Crippen molar-refractivity contribution in [2.24, 2.45) is 5.73 Å². The molecule has 0 bridgehead atoms. The summed E-state index contributed by atoms with van der Waals surface area (Å²) in [6, 6.07) is 5.40. The van der Waals surface area contributed by atoms with Crippen LogP contribution in [0.5, 0.6) is 0 Å². The van der Waals surface area contributed by atoms with Gasteiger partial charge in [0, 0.05) is 12.6 Å². The molecule has 0 saturated heterocycles. The number of nitrogens with two attached hydrogens (primary N) is 1. The largest absolute Gasteiger partial charge is 0.416 e. The highest BCUT2D eigenvalue weighted by Crippen LogP contribution is 2.33. The SMILES string of the molecule is Cl.NCC(=O)N(Cc1ccccc1C(F)(F)F)C1CCCC1. The van der Waals surface area contributed by atoms with Crippen molar-refractivity contribution >= 4 is 18.3 Å². The predicted molar refractivity (Wildman–Crippen MR) is 80.6 cm³/mol. The van der Waals surface area contributed by atoms with Crippen LogP contribution in [0, 0.1) is 0 Å². The third kappa shape index (κ3) is 4.36. The Morgan fingerprint density at radius 3 is 2.36 bits per heavy atom. The van der Waals surface area contributed by atoms with Crippen molar-refractivity contribution in [2.45, 2.75) is 44.4 Å². The Morgan fingerprint density at radius 2 is 1.82 bits per heavy atom. The minimum atomic E-state index is -4.41. The molecule has 1 aromatic rings. The molecule has 0 radical (unpaired) electrons. The van der Waals surface area contributed by atoms with Crippen LogP contribution in [-0.4, -0.2) is 23.4 Å². The Kier molecular flexibility index (Phi) is 6.68. The summed E-state index contributed by atoms with van der Waals surface area (Å²) in [7, 11) is 0. The Balaban J connectivity index is 0.00000242. The zero-order chi connectivity index (χ0) is 15.5. The number of carbonyl (C=O) groups is 1. The van der Waals surface area contributed by atoms with E-state index in [1.807, 2.05) is 0 Å². The first-order valence-electron chi connectivity index (χ1n) is 7.08. The number of hydrogen-bond donors (Lipinski definition) is 1. The summed E-state index contributed by atoms with van der Waals surface area (Å²) in [6.07, 6.45) is -0.747. The fraction of sp³-hybridized carbons (Fsp3) is 0.533. The maximum Gasteiger partial charge on any atom is 0.416 e. The van der Waals surface area contributed by atoms with Gasteiger partial charge in [0.15, 0.2) is 0 Å². The normalized spacial score (nSPS) is 15.5. The zero-order valence-electron chi connectivity index (χ0n) is 12.1. The van der Waals surface area contributed by atoms with Gasteiger partial charge >= 0.3 is 6.18 Å². The van der Waals surface area contributed by atoms with E-state index in [0.717, 1.165) is 31.7 Å². The Hall–Kier alpha value is -1.27. The van der Waals surface area contributed by atoms with Crippen LogP contribution in [0.15, 0.2) is 24.3 Å². The maximum atomic E-state index is 13.0. The van der Waals surface area contributed by atoms with E-state index in [4.69, 9.17) is 5.73 Å². The molecule has 1 aliphatic carbocycles. The summed E-state index contributed by atoms with van der Waals surface area (Å²) < 4.78 is 39.1. The molecule has 1 fully saturated rings. The Labute approximate surface area is 134 Å². The van der Waals surface area contributed by atoms with Gasteiger partial charge in [0.05, 0.1) is 12.1 Å². The summed E-state index contributed by atoms with van der Waals surface area (Å²) >= 11 is 0. The van der Waals surface area contributed by atoms with Crippen molar-refractivity contribution in [2.75, 3.05) is 6.54 Å². The van der Waals surface area contributed by atoms with E-state index in [2.05, 4.69) is 0 Å². The molecule has 1 amide bonds. The molecule has 0 atom stereocenters. The molecule has 2 N–H and O–H groups in total. The van der Waals surface area contributed by atoms with Crippen molar-refractivity contribution in [3.05, 3.63) is 35.4 Å². The van der Waals surface area contributed by atoms with Gasteiger partial charge in [-0.05, 0) is 24.5 Å². The fourth-order valence-corrected chi connectivity index (χ4v) is 2.87. The lowest BCUT2D eigenvalue weighted by Gasteiger charge is -2.29. The second kappa shape index (κ2) is 7.83. The van der Waals surface area contributed by atoms with Crippen LogP contribution >= 0.6 is 12.4 Å². The van der Waals surface area contributed by atoms with Crippen LogP contribution in [0.25, 0.3) is 0 Å². The summed E-state index contributed by atoms with van der Waals surface area (Å²) in [5, 5.41) is 0. The topological polar surface area (TPSA) is 46.3 Å². The molecule has 0 spiro atoms. The molecular weight excluding hydrogens is 317 g/mol. The minimum Gasteiger partial charge on any atom is -0.334 e. The molecular formula is C15H20ClF3N2O. The molecule has 7 heteroatoms. The molecule has 1 aromatic carbocycles. The summed E-state index contributed by atoms with van der Waals surface area (Å²) in [6.45, 7) is -0.207. The smallest absolute Gasteiger partial charge is 0.334 e. The molecule has 2 rings (SSSR count). The molecule has 124 valence electrons. The molecule has 0 aromatic heterocycles. The van der Waals surface area contributed by atoms with Crippen molar-refractivity contribution < 1.29 is 18.0 Å². The summed E-state index contributed by atoms with van der Waals surface area (Å²) in [5.41, 5.74) is 4.85. The van der Waals surface area contributed by atoms with Crippen LogP contribution in [-0.2, 0) is 17.5 Å². The van der Waals surface area contributed by atoms with Crippen LogP contribution in [0.1, 0.15) is 36.8 Å². The average molecular weight is 337 g/mol. The van der Waals surface area contributed by atoms with Crippen LogP contribution in [0.3, 0.4) is 0 Å². The van der Waals surface area contributed by atoms with E-state index in [0.29, 0.717) is 0 Å². The predicted octanol–water partition coefficient (Wildman–Crippen LogP) is 3.36. The first-order valence-corrected chi connectivity index (χ1v) is 7.08. The second-order valence-electron chi connectivity index (χ2n) is 5.32. The van der Waals surface area contributed by atoms with Gasteiger partial charge in [-0.2, -0.15) is 13.2 Å². The number of nitrogens with zero attached hydrogens (tertiary/aromatic N) is 1. The van der Waals surface area contributed by atoms with Crippen molar-refractivity contribution in [3.8, 4) is 0 Å². The first kappa shape index (κ1) is 18.8. The molecule has 0 unspecified atom stereocenters. The summed E-state index contributed by atoms with van der Waals surface area (Å²) in [5.74, 6) is -0.293. The quantitative estimate of drug-likeness (QED) is 0.916. The van der Waals surface area contributed by atoms with Crippen molar-refractivity contribution in [3.63, 3.8) is 0 Å². The highest BCUT2D eigenvalue weighted by molar-refractivity contribution is 5.85. The first-order chi connectivity index (χ1) is 9.93. The van der Waals surface area contributed by atoms with E-state index in [9.17, 15) is 18.0 Å². The Morgan fingerprint density at radius 1 is 1.23 bits per heavy atom. The number of halogens is 4. The number of amides is 1. The highest BCUT2D eigenvalue weighted by Gasteiger charge is 2.34. The molecule has 0 heterocycles. The number of alkyl halides is 3. The van der Waals surface area contributed by atoms with E-state index in [1.54, 1.807) is 6.07 Å². The van der Waals surface area contributed by atoms with Crippen molar-refractivity contribution in [1.82, 2.24) is 4.90 Å². The van der Waals surface area contributed by atoms with E-state index >= 15 is 0 Å². The van der Waals surface area contributed by atoms with Gasteiger partial charge in [-0.1, -0.05) is 31.0 Å². The van der Waals surface area contributed by atoms with Gasteiger partial charge in [0.25, 0.3) is 0 Å². The zero-order valence-corrected chi connectivity index (χ0v) is 12.9. The van der Waals surface area contributed by atoms with E-state index in [-0.39, 0.29) is 43.0 Å². The second-order valence-corrected chi connectivity index (χ2v) is 5.32. The average Bonchev–Trinajstić information content (AvgIpc) is 2.97. The molecule has 1 saturated carbocycles. The molecule has 22 heavy (non-hydrogen) atoms. The van der Waals surface area contributed by atoms with Gasteiger partial charge < -0.3 is 10.6 Å². The lowest BCUT2D eigenvalue weighted by molar-refractivity contribution is -0.140. The fourth-order valence-electron chi connectivity index (χ4n) is 2.87. The van der Waals surface area contributed by atoms with Gasteiger partial charge in [-0.3, -0.25) is 4.79 Å². The third-order valence-corrected chi connectivity index (χ3v) is 3.92. The summed E-state index contributed by atoms with van der Waals surface area (Å²) in [4.78, 5) is 13.5. The molecule has 1 aliphatic rings. The standard InChI is InChI=1S/C15H19F3N2O.ClH/c16-15(17,18)13-8-4-1-5-11(13)10-20(14(21)9-19)12-6-2-3-7-12;/h1,4-5,8,12H,2-3,6-7,9-10,19H2;1H. The van der Waals surface area contributed by atoms with Gasteiger partial charge in [0.1, 0.15) is 0 Å². The van der Waals surface area contributed by atoms with Crippen molar-refractivity contribution in [1.29, 1.82) is 0 Å². The van der Waals surface area contributed by atoms with Gasteiger partial charge in [-0.15, -0.1) is 12.4 Å². The van der Waals surface area contributed by atoms with E-state index < -0.39 is 11.7 Å². The number of rotatable bonds is 4. The molecule has 0 aliphatic heterocycles. The number of hydrogen-bond acceptors (Lipinski definition) is 2. The number of benzene rings is 1.